The van der Waals surface area contributed by atoms with Crippen LogP contribution in [0.5, 0.6) is 0 Å². The normalized spacial score (nSPS) is 15.0. The summed E-state index contributed by atoms with van der Waals surface area (Å²) in [7, 11) is 1.28. The van der Waals surface area contributed by atoms with Crippen molar-refractivity contribution in [3.63, 3.8) is 0 Å². The highest BCUT2D eigenvalue weighted by molar-refractivity contribution is 5.93. The molecular formula is C13H17N3O5. The van der Waals surface area contributed by atoms with Crippen LogP contribution in [-0.4, -0.2) is 52.0 Å². The summed E-state index contributed by atoms with van der Waals surface area (Å²) >= 11 is 0. The molecule has 1 fully saturated rings. The van der Waals surface area contributed by atoms with Crippen LogP contribution in [0.15, 0.2) is 15.8 Å². The molecule has 0 spiro atoms. The fourth-order valence-electron chi connectivity index (χ4n) is 2.14. The molecule has 0 atom stereocenters. The van der Waals surface area contributed by atoms with Gasteiger partial charge in [-0.3, -0.25) is 23.5 Å². The number of hydrogen-bond donors (Lipinski definition) is 0. The number of ketones is 1. The van der Waals surface area contributed by atoms with Gasteiger partial charge in [-0.2, -0.15) is 0 Å². The second-order valence-corrected chi connectivity index (χ2v) is 4.87. The third kappa shape index (κ3) is 3.10. The molecule has 0 bridgehead atoms. The lowest BCUT2D eigenvalue weighted by Gasteiger charge is -2.27. The molecule has 1 amide bonds. The van der Waals surface area contributed by atoms with Gasteiger partial charge in [-0.1, -0.05) is 0 Å². The molecule has 2 rings (SSSR count). The van der Waals surface area contributed by atoms with Gasteiger partial charge in [0.2, 0.25) is 5.91 Å². The predicted octanol–water partition coefficient (Wildman–Crippen LogP) is -1.39. The molecule has 8 heteroatoms. The highest BCUT2D eigenvalue weighted by Gasteiger charge is 2.19. The Kier molecular flexibility index (Phi) is 4.37. The van der Waals surface area contributed by atoms with Crippen LogP contribution in [0, 0.1) is 0 Å². The number of Topliss-reactive ketones (excluding diaryl/α,β-unsaturated/α-hetero) is 1. The van der Waals surface area contributed by atoms with E-state index in [4.69, 9.17) is 4.74 Å². The molecule has 0 aromatic carbocycles. The van der Waals surface area contributed by atoms with Gasteiger partial charge in [-0.25, -0.2) is 4.79 Å². The van der Waals surface area contributed by atoms with E-state index in [0.29, 0.717) is 26.3 Å². The number of morpholine rings is 1. The van der Waals surface area contributed by atoms with E-state index in [1.807, 2.05) is 0 Å². The molecular weight excluding hydrogens is 278 g/mol. The molecule has 0 unspecified atom stereocenters. The SMILES string of the molecule is CC(=O)c1cn(CC(=O)N2CCOCC2)c(=O)n(C)c1=O. The van der Waals surface area contributed by atoms with Crippen LogP contribution in [0.25, 0.3) is 0 Å². The standard InChI is InChI=1S/C13H17N3O5/c1-9(17)10-7-16(13(20)14(2)12(10)19)8-11(18)15-3-5-21-6-4-15/h7H,3-6,8H2,1-2H3. The van der Waals surface area contributed by atoms with Gasteiger partial charge in [0.15, 0.2) is 5.78 Å². The Morgan fingerprint density at radius 2 is 1.86 bits per heavy atom. The van der Waals surface area contributed by atoms with Gasteiger partial charge in [0.25, 0.3) is 5.56 Å². The number of carbonyl (C=O) groups excluding carboxylic acids is 2. The first-order chi connectivity index (χ1) is 9.91. The number of nitrogens with zero attached hydrogens (tertiary/aromatic N) is 3. The molecule has 2 heterocycles. The minimum Gasteiger partial charge on any atom is -0.378 e. The van der Waals surface area contributed by atoms with E-state index in [0.717, 1.165) is 15.3 Å². The molecule has 0 aliphatic carbocycles. The summed E-state index contributed by atoms with van der Waals surface area (Å²) in [6, 6.07) is 0. The first-order valence-electron chi connectivity index (χ1n) is 6.58. The molecule has 0 saturated carbocycles. The molecule has 1 aromatic heterocycles. The Labute approximate surface area is 120 Å². The number of rotatable bonds is 3. The Bertz CT molecular complexity index is 682. The number of amides is 1. The molecule has 21 heavy (non-hydrogen) atoms. The van der Waals surface area contributed by atoms with Gasteiger partial charge in [-0.05, 0) is 6.92 Å². The van der Waals surface area contributed by atoms with E-state index in [1.54, 1.807) is 4.90 Å². The maximum Gasteiger partial charge on any atom is 0.331 e. The Hall–Kier alpha value is -2.22. The summed E-state index contributed by atoms with van der Waals surface area (Å²) in [5.74, 6) is -0.684. The van der Waals surface area contributed by atoms with Gasteiger partial charge in [-0.15, -0.1) is 0 Å². The minimum atomic E-state index is -0.650. The van der Waals surface area contributed by atoms with Gasteiger partial charge in [0, 0.05) is 26.3 Å². The van der Waals surface area contributed by atoms with Crippen LogP contribution in [0.4, 0.5) is 0 Å². The summed E-state index contributed by atoms with van der Waals surface area (Å²) in [6.07, 6.45) is 1.16. The lowest BCUT2D eigenvalue weighted by Crippen LogP contribution is -2.46. The van der Waals surface area contributed by atoms with E-state index in [1.165, 1.54) is 14.0 Å². The van der Waals surface area contributed by atoms with Gasteiger partial charge in [0.1, 0.15) is 6.54 Å². The summed E-state index contributed by atoms with van der Waals surface area (Å²) in [4.78, 5) is 48.9. The third-order valence-electron chi connectivity index (χ3n) is 3.40. The van der Waals surface area contributed by atoms with E-state index < -0.39 is 17.0 Å². The average molecular weight is 295 g/mol. The van der Waals surface area contributed by atoms with Crippen LogP contribution in [0.2, 0.25) is 0 Å². The largest absolute Gasteiger partial charge is 0.378 e. The van der Waals surface area contributed by atoms with Crippen molar-refractivity contribution in [2.24, 2.45) is 7.05 Å². The van der Waals surface area contributed by atoms with E-state index in [9.17, 15) is 19.2 Å². The Morgan fingerprint density at radius 1 is 1.24 bits per heavy atom. The molecule has 114 valence electrons. The predicted molar refractivity (Wildman–Crippen MR) is 73.3 cm³/mol. The molecule has 1 aliphatic heterocycles. The highest BCUT2D eigenvalue weighted by Crippen LogP contribution is 1.99. The van der Waals surface area contributed by atoms with Crippen LogP contribution in [-0.2, 0) is 23.1 Å². The molecule has 8 nitrogen and oxygen atoms in total. The maximum absolute atomic E-state index is 12.1. The van der Waals surface area contributed by atoms with Crippen molar-refractivity contribution in [3.05, 3.63) is 32.6 Å². The fourth-order valence-corrected chi connectivity index (χ4v) is 2.14. The van der Waals surface area contributed by atoms with Crippen molar-refractivity contribution in [2.75, 3.05) is 26.3 Å². The molecule has 1 saturated heterocycles. The Morgan fingerprint density at radius 3 is 2.43 bits per heavy atom. The number of ether oxygens (including phenoxy) is 1. The number of carbonyl (C=O) groups is 2. The minimum absolute atomic E-state index is 0.105. The molecule has 0 N–H and O–H groups in total. The molecule has 1 aliphatic rings. The van der Waals surface area contributed by atoms with Crippen molar-refractivity contribution in [1.29, 1.82) is 0 Å². The van der Waals surface area contributed by atoms with Crippen molar-refractivity contribution in [2.45, 2.75) is 13.5 Å². The second kappa shape index (κ2) is 6.04. The lowest BCUT2D eigenvalue weighted by molar-refractivity contribution is -0.136. The molecule has 1 aromatic rings. The maximum atomic E-state index is 12.1. The zero-order valence-electron chi connectivity index (χ0n) is 12.0. The van der Waals surface area contributed by atoms with Crippen LogP contribution in [0.3, 0.4) is 0 Å². The van der Waals surface area contributed by atoms with Crippen molar-refractivity contribution >= 4 is 11.7 Å². The van der Waals surface area contributed by atoms with Crippen LogP contribution >= 0.6 is 0 Å². The van der Waals surface area contributed by atoms with E-state index >= 15 is 0 Å². The van der Waals surface area contributed by atoms with E-state index in [2.05, 4.69) is 0 Å². The Balaban J connectivity index is 2.31. The number of aromatic nitrogens is 2. The first kappa shape index (κ1) is 15.2. The summed E-state index contributed by atoms with van der Waals surface area (Å²) in [5.41, 5.74) is -1.37. The van der Waals surface area contributed by atoms with Gasteiger partial charge >= 0.3 is 5.69 Å². The monoisotopic (exact) mass is 295 g/mol. The second-order valence-electron chi connectivity index (χ2n) is 4.87. The fraction of sp³-hybridized carbons (Fsp3) is 0.538. The van der Waals surface area contributed by atoms with Gasteiger partial charge in [0.05, 0.1) is 18.8 Å². The quantitative estimate of drug-likeness (QED) is 0.640. The van der Waals surface area contributed by atoms with Crippen molar-refractivity contribution < 1.29 is 14.3 Å². The number of hydrogen-bond acceptors (Lipinski definition) is 5. The smallest absolute Gasteiger partial charge is 0.331 e. The zero-order valence-corrected chi connectivity index (χ0v) is 12.0. The average Bonchev–Trinajstić information content (AvgIpc) is 2.48. The topological polar surface area (TPSA) is 90.6 Å². The summed E-state index contributed by atoms with van der Waals surface area (Å²) in [6.45, 7) is 2.92. The summed E-state index contributed by atoms with van der Waals surface area (Å²) in [5, 5.41) is 0. The highest BCUT2D eigenvalue weighted by atomic mass is 16.5. The van der Waals surface area contributed by atoms with Crippen molar-refractivity contribution in [3.8, 4) is 0 Å². The van der Waals surface area contributed by atoms with Crippen LogP contribution in [0.1, 0.15) is 17.3 Å². The molecule has 0 radical (unpaired) electrons. The third-order valence-corrected chi connectivity index (χ3v) is 3.40. The zero-order chi connectivity index (χ0) is 15.6. The van der Waals surface area contributed by atoms with Gasteiger partial charge < -0.3 is 9.64 Å². The van der Waals surface area contributed by atoms with Crippen molar-refractivity contribution in [1.82, 2.24) is 14.0 Å². The van der Waals surface area contributed by atoms with E-state index in [-0.39, 0.29) is 18.0 Å². The summed E-state index contributed by atoms with van der Waals surface area (Å²) < 4.78 is 7.09. The van der Waals surface area contributed by atoms with Crippen LogP contribution < -0.4 is 11.2 Å². The first-order valence-corrected chi connectivity index (χ1v) is 6.58. The lowest BCUT2D eigenvalue weighted by atomic mass is 10.2.